The normalized spacial score (nSPS) is 11.3. The minimum Gasteiger partial charge on any atom is -0.484 e. The molecule has 124 valence electrons. The van der Waals surface area contributed by atoms with Crippen LogP contribution < -0.4 is 4.74 Å². The van der Waals surface area contributed by atoms with Crippen LogP contribution in [0.2, 0.25) is 5.02 Å². The van der Waals surface area contributed by atoms with Crippen molar-refractivity contribution in [2.24, 2.45) is 5.10 Å². The highest BCUT2D eigenvalue weighted by atomic mass is 35.5. The van der Waals surface area contributed by atoms with Gasteiger partial charge in [-0.15, -0.1) is 0 Å². The van der Waals surface area contributed by atoms with Gasteiger partial charge in [0.2, 0.25) is 4.77 Å². The molecule has 24 heavy (non-hydrogen) atoms. The van der Waals surface area contributed by atoms with E-state index in [9.17, 15) is 4.39 Å². The number of furan rings is 1. The molecule has 1 aromatic carbocycles. The zero-order valence-electron chi connectivity index (χ0n) is 12.5. The minimum atomic E-state index is -0.419. The standard InChI is InChI=1S/C15H12ClFN4O2S/c1-9-19-20-15(24)21(9)18-7-11-3-4-12(23-11)8-22-14-5-2-10(17)6-13(14)16/h2-7H,8H2,1H3,(H,20,24)/b18-7-. The Kier molecular flexibility index (Phi) is 4.77. The lowest BCUT2D eigenvalue weighted by atomic mass is 10.3. The summed E-state index contributed by atoms with van der Waals surface area (Å²) in [4.78, 5) is 0. The zero-order valence-corrected chi connectivity index (χ0v) is 14.1. The molecule has 0 radical (unpaired) electrons. The van der Waals surface area contributed by atoms with Gasteiger partial charge in [0.1, 0.15) is 35.5 Å². The van der Waals surface area contributed by atoms with E-state index < -0.39 is 5.82 Å². The first-order chi connectivity index (χ1) is 11.5. The third-order valence-electron chi connectivity index (χ3n) is 3.06. The smallest absolute Gasteiger partial charge is 0.216 e. The number of rotatable bonds is 5. The number of ether oxygens (including phenoxy) is 1. The first-order valence-electron chi connectivity index (χ1n) is 6.88. The Balaban J connectivity index is 1.66. The van der Waals surface area contributed by atoms with Crippen LogP contribution >= 0.6 is 23.8 Å². The molecule has 0 bridgehead atoms. The van der Waals surface area contributed by atoms with Crippen molar-refractivity contribution in [1.29, 1.82) is 0 Å². The van der Waals surface area contributed by atoms with Crippen LogP contribution in [-0.2, 0) is 6.61 Å². The summed E-state index contributed by atoms with van der Waals surface area (Å²) in [6, 6.07) is 7.42. The number of aryl methyl sites for hydroxylation is 1. The van der Waals surface area contributed by atoms with Gasteiger partial charge < -0.3 is 9.15 Å². The largest absolute Gasteiger partial charge is 0.484 e. The molecular formula is C15H12ClFN4O2S. The number of nitrogens with zero attached hydrogens (tertiary/aromatic N) is 3. The van der Waals surface area contributed by atoms with Crippen LogP contribution in [-0.4, -0.2) is 21.1 Å². The molecule has 0 amide bonds. The highest BCUT2D eigenvalue weighted by Crippen LogP contribution is 2.25. The van der Waals surface area contributed by atoms with Gasteiger partial charge in [-0.3, -0.25) is 5.10 Å². The van der Waals surface area contributed by atoms with Crippen LogP contribution in [0.4, 0.5) is 4.39 Å². The molecule has 3 rings (SSSR count). The maximum Gasteiger partial charge on any atom is 0.216 e. The Labute approximate surface area is 146 Å². The van der Waals surface area contributed by atoms with Crippen LogP contribution in [0.3, 0.4) is 0 Å². The summed E-state index contributed by atoms with van der Waals surface area (Å²) in [7, 11) is 0. The second-order valence-corrected chi connectivity index (χ2v) is 5.59. The number of H-pyrrole nitrogens is 1. The Bertz CT molecular complexity index is 947. The molecular weight excluding hydrogens is 355 g/mol. The summed E-state index contributed by atoms with van der Waals surface area (Å²) in [6.45, 7) is 1.93. The minimum absolute atomic E-state index is 0.156. The molecule has 6 nitrogen and oxygen atoms in total. The van der Waals surface area contributed by atoms with E-state index in [4.69, 9.17) is 33.0 Å². The van der Waals surface area contributed by atoms with E-state index in [-0.39, 0.29) is 11.6 Å². The van der Waals surface area contributed by atoms with Crippen LogP contribution in [0.5, 0.6) is 5.75 Å². The van der Waals surface area contributed by atoms with E-state index in [2.05, 4.69) is 15.3 Å². The average molecular weight is 367 g/mol. The Morgan fingerprint density at radius 3 is 3.00 bits per heavy atom. The van der Waals surface area contributed by atoms with Crippen molar-refractivity contribution in [3.63, 3.8) is 0 Å². The van der Waals surface area contributed by atoms with E-state index in [1.54, 1.807) is 19.1 Å². The van der Waals surface area contributed by atoms with Gasteiger partial charge in [0.05, 0.1) is 11.2 Å². The fourth-order valence-electron chi connectivity index (χ4n) is 1.90. The number of hydrogen-bond donors (Lipinski definition) is 1. The number of halogens is 2. The second kappa shape index (κ2) is 6.98. The average Bonchev–Trinajstić information content (AvgIpc) is 3.12. The van der Waals surface area contributed by atoms with Crippen molar-refractivity contribution in [3.8, 4) is 5.75 Å². The predicted molar refractivity (Wildman–Crippen MR) is 89.6 cm³/mol. The molecule has 0 saturated heterocycles. The number of hydrogen-bond acceptors (Lipinski definition) is 5. The van der Waals surface area contributed by atoms with Crippen molar-refractivity contribution in [1.82, 2.24) is 14.9 Å². The SMILES string of the molecule is Cc1n[nH]c(=S)n1/N=C\c1ccc(COc2ccc(F)cc2Cl)o1. The lowest BCUT2D eigenvalue weighted by molar-refractivity contribution is 0.269. The summed E-state index contributed by atoms with van der Waals surface area (Å²) in [5, 5.41) is 11.0. The molecule has 9 heteroatoms. The van der Waals surface area contributed by atoms with Crippen LogP contribution in [0.1, 0.15) is 17.3 Å². The van der Waals surface area contributed by atoms with E-state index in [0.717, 1.165) is 0 Å². The number of aromatic nitrogens is 3. The quantitative estimate of drug-likeness (QED) is 0.545. The van der Waals surface area contributed by atoms with Crippen molar-refractivity contribution >= 4 is 30.0 Å². The zero-order chi connectivity index (χ0) is 17.1. The number of benzene rings is 1. The molecule has 0 spiro atoms. The highest BCUT2D eigenvalue weighted by molar-refractivity contribution is 7.71. The number of aromatic amines is 1. The summed E-state index contributed by atoms with van der Waals surface area (Å²) in [6.07, 6.45) is 1.52. The lowest BCUT2D eigenvalue weighted by Gasteiger charge is -2.05. The van der Waals surface area contributed by atoms with Gasteiger partial charge in [-0.25, -0.2) is 4.39 Å². The van der Waals surface area contributed by atoms with E-state index in [0.29, 0.717) is 27.9 Å². The number of nitrogens with one attached hydrogen (secondary N) is 1. The summed E-state index contributed by atoms with van der Waals surface area (Å²) >= 11 is 11.0. The van der Waals surface area contributed by atoms with E-state index in [1.807, 2.05) is 0 Å². The maximum atomic E-state index is 13.0. The third kappa shape index (κ3) is 3.72. The van der Waals surface area contributed by atoms with Crippen LogP contribution in [0, 0.1) is 17.5 Å². The predicted octanol–water partition coefficient (Wildman–Crippen LogP) is 4.10. The first kappa shape index (κ1) is 16.4. The third-order valence-corrected chi connectivity index (χ3v) is 3.62. The Morgan fingerprint density at radius 2 is 2.29 bits per heavy atom. The topological polar surface area (TPSA) is 68.3 Å². The molecule has 0 unspecified atom stereocenters. The first-order valence-corrected chi connectivity index (χ1v) is 7.66. The van der Waals surface area contributed by atoms with Crippen molar-refractivity contribution in [2.45, 2.75) is 13.5 Å². The molecule has 2 aromatic heterocycles. The maximum absolute atomic E-state index is 13.0. The van der Waals surface area contributed by atoms with E-state index >= 15 is 0 Å². The summed E-state index contributed by atoms with van der Waals surface area (Å²) in [5.74, 6) is 1.70. The fourth-order valence-corrected chi connectivity index (χ4v) is 2.35. The van der Waals surface area contributed by atoms with Gasteiger partial charge in [0.15, 0.2) is 0 Å². The van der Waals surface area contributed by atoms with Gasteiger partial charge in [0.25, 0.3) is 0 Å². The Hall–Kier alpha value is -2.45. The van der Waals surface area contributed by atoms with Crippen molar-refractivity contribution in [2.75, 3.05) is 0 Å². The van der Waals surface area contributed by atoms with Gasteiger partial charge in [-0.2, -0.15) is 14.9 Å². The molecule has 0 aliphatic rings. The van der Waals surface area contributed by atoms with Crippen LogP contribution in [0.25, 0.3) is 0 Å². The summed E-state index contributed by atoms with van der Waals surface area (Å²) in [5.41, 5.74) is 0. The molecule has 3 aromatic rings. The van der Waals surface area contributed by atoms with Crippen LogP contribution in [0.15, 0.2) is 39.9 Å². The van der Waals surface area contributed by atoms with Gasteiger partial charge in [-0.1, -0.05) is 11.6 Å². The van der Waals surface area contributed by atoms with Gasteiger partial charge in [0, 0.05) is 0 Å². The Morgan fingerprint density at radius 1 is 1.46 bits per heavy atom. The molecule has 0 aliphatic carbocycles. The second-order valence-electron chi connectivity index (χ2n) is 4.80. The summed E-state index contributed by atoms with van der Waals surface area (Å²) < 4.78 is 25.9. The molecule has 2 heterocycles. The monoisotopic (exact) mass is 366 g/mol. The highest BCUT2D eigenvalue weighted by Gasteiger charge is 2.06. The fraction of sp³-hybridized carbons (Fsp3) is 0.133. The van der Waals surface area contributed by atoms with Gasteiger partial charge >= 0.3 is 0 Å². The van der Waals surface area contributed by atoms with Crippen molar-refractivity contribution in [3.05, 3.63) is 63.3 Å². The van der Waals surface area contributed by atoms with Crippen molar-refractivity contribution < 1.29 is 13.5 Å². The molecule has 0 atom stereocenters. The molecule has 0 aliphatic heterocycles. The lowest BCUT2D eigenvalue weighted by Crippen LogP contribution is -1.95. The van der Waals surface area contributed by atoms with Gasteiger partial charge in [-0.05, 0) is 49.5 Å². The molecule has 1 N–H and O–H groups in total. The molecule has 0 saturated carbocycles. The van der Waals surface area contributed by atoms with E-state index in [1.165, 1.54) is 29.1 Å². The molecule has 0 fully saturated rings.